The molecule has 350 valence electrons. The molecule has 13 N–H and O–H groups in total. The van der Waals surface area contributed by atoms with Crippen molar-refractivity contribution in [1.29, 1.82) is 0 Å². The van der Waals surface area contributed by atoms with E-state index in [1.807, 2.05) is 0 Å². The number of Topliss-reactive ketones (excluding diaryl/α,β-unsaturated/α-hetero) is 5. The number of carbonyl (C=O) groups is 10. The lowest BCUT2D eigenvalue weighted by Crippen LogP contribution is -2.57. The minimum atomic E-state index is -1.42. The Kier molecular flexibility index (Phi) is 23.0. The lowest BCUT2D eigenvalue weighted by atomic mass is 9.81. The number of guanidine groups is 1. The zero-order chi connectivity index (χ0) is 47.2. The van der Waals surface area contributed by atoms with Crippen LogP contribution in [0, 0.1) is 17.8 Å². The van der Waals surface area contributed by atoms with Crippen LogP contribution in [-0.4, -0.2) is 131 Å². The van der Waals surface area contributed by atoms with Gasteiger partial charge in [0.05, 0.1) is 31.2 Å². The van der Waals surface area contributed by atoms with Gasteiger partial charge in [0.15, 0.2) is 11.7 Å². The van der Waals surface area contributed by atoms with Gasteiger partial charge in [0.25, 0.3) is 0 Å². The molecule has 0 aliphatic carbocycles. The maximum atomic E-state index is 14.0. The van der Waals surface area contributed by atoms with Gasteiger partial charge in [-0.25, -0.2) is 0 Å². The number of nitrogens with one attached hydrogen (secondary N) is 5. The third kappa shape index (κ3) is 19.8. The van der Waals surface area contributed by atoms with Gasteiger partial charge in [0, 0.05) is 71.3 Å². The summed E-state index contributed by atoms with van der Waals surface area (Å²) in [7, 11) is 0. The molecule has 2 rings (SSSR count). The second kappa shape index (κ2) is 27.2. The van der Waals surface area contributed by atoms with Crippen molar-refractivity contribution < 1.29 is 59.6 Å². The van der Waals surface area contributed by atoms with Crippen molar-refractivity contribution in [2.24, 2.45) is 39.9 Å². The van der Waals surface area contributed by atoms with Crippen LogP contribution >= 0.6 is 0 Å². The number of nitrogens with two attached hydrogens (primary N) is 3. The zero-order valence-corrected chi connectivity index (χ0v) is 36.1. The summed E-state index contributed by atoms with van der Waals surface area (Å²) in [6.45, 7) is 2.55. The quantitative estimate of drug-likeness (QED) is 0.0435. The molecule has 0 radical (unpaired) electrons. The maximum absolute atomic E-state index is 14.0. The summed E-state index contributed by atoms with van der Waals surface area (Å²) in [5.74, 6) is -11.2. The van der Waals surface area contributed by atoms with Gasteiger partial charge in [-0.05, 0) is 45.6 Å². The van der Waals surface area contributed by atoms with Gasteiger partial charge in [0.2, 0.25) is 29.5 Å². The van der Waals surface area contributed by atoms with Crippen molar-refractivity contribution >= 4 is 64.4 Å². The summed E-state index contributed by atoms with van der Waals surface area (Å²) in [6, 6.07) is 4.48. The van der Waals surface area contributed by atoms with E-state index in [9.17, 15) is 58.2 Å². The number of hydrogen-bond acceptors (Lipinski definition) is 14. The molecule has 21 heteroatoms. The van der Waals surface area contributed by atoms with Crippen LogP contribution in [0.3, 0.4) is 0 Å². The average Bonchev–Trinajstić information content (AvgIpc) is 3.22. The molecule has 1 heterocycles. The number of aliphatic imine (C=N–C) groups is 1. The summed E-state index contributed by atoms with van der Waals surface area (Å²) >= 11 is 0. The number of rotatable bonds is 17. The molecule has 1 aliphatic heterocycles. The fraction of sp³-hybridized carbons (Fsp3) is 0.595. The predicted octanol–water partition coefficient (Wildman–Crippen LogP) is -2.61. The van der Waals surface area contributed by atoms with Crippen molar-refractivity contribution in [3.8, 4) is 0 Å². The lowest BCUT2D eigenvalue weighted by molar-refractivity contribution is -0.137. The van der Waals surface area contributed by atoms with Gasteiger partial charge >= 0.3 is 0 Å². The predicted molar refractivity (Wildman–Crippen MR) is 230 cm³/mol. The van der Waals surface area contributed by atoms with E-state index in [0.29, 0.717) is 5.56 Å². The highest BCUT2D eigenvalue weighted by Gasteiger charge is 2.35. The number of hydrogen-bond donors (Lipinski definition) is 10. The molecule has 0 bridgehead atoms. The molecule has 1 aliphatic rings. The second-order valence-electron chi connectivity index (χ2n) is 15.8. The molecular formula is C42H65N9O12. The molecule has 0 saturated carbocycles. The summed E-state index contributed by atoms with van der Waals surface area (Å²) in [4.78, 5) is 137. The van der Waals surface area contributed by atoms with Crippen molar-refractivity contribution in [3.05, 3.63) is 35.9 Å². The highest BCUT2D eigenvalue weighted by Crippen LogP contribution is 2.24. The molecule has 0 unspecified atom stereocenters. The normalized spacial score (nSPS) is 22.7. The van der Waals surface area contributed by atoms with Crippen molar-refractivity contribution in [3.63, 3.8) is 0 Å². The number of benzene rings is 1. The van der Waals surface area contributed by atoms with Gasteiger partial charge in [-0.15, -0.1) is 0 Å². The number of aliphatic hydroxyl groups is 2. The molecule has 5 amide bonds. The van der Waals surface area contributed by atoms with Crippen LogP contribution in [0.2, 0.25) is 0 Å². The first-order valence-electron chi connectivity index (χ1n) is 20.9. The summed E-state index contributed by atoms with van der Waals surface area (Å²) in [5.41, 5.74) is 16.9. The Balaban J connectivity index is 0.0000205. The molecule has 1 aromatic rings. The van der Waals surface area contributed by atoms with E-state index in [1.54, 1.807) is 30.3 Å². The molecule has 1 fully saturated rings. The topological polar surface area (TPSA) is 362 Å². The van der Waals surface area contributed by atoms with E-state index in [4.69, 9.17) is 17.2 Å². The van der Waals surface area contributed by atoms with Crippen LogP contribution in [0.4, 0.5) is 0 Å². The van der Waals surface area contributed by atoms with Gasteiger partial charge in [0.1, 0.15) is 41.3 Å². The Bertz CT molecular complexity index is 1820. The van der Waals surface area contributed by atoms with Crippen molar-refractivity contribution in [2.45, 2.75) is 115 Å². The average molecular weight is 890 g/mol. The number of nitrogens with zero attached hydrogens (tertiary/aromatic N) is 1. The molecule has 1 aromatic carbocycles. The van der Waals surface area contributed by atoms with Crippen LogP contribution in [0.5, 0.6) is 0 Å². The van der Waals surface area contributed by atoms with E-state index in [2.05, 4.69) is 31.6 Å². The SMILES string of the molecule is CC(=O)[C@@H](CC(=O)[C@@H]1CC(=O)NCC[C@H](NC(=O)CCC(=O)CN)C(=O)N[C@@H](CCCN=C(N)N)C(=O)N[C@@H](Cc2ccccc2)C(=O)NCC(=O)C[C@@H]([C@@H](C)O)C(=O)C1)[C@@H](C)O.[3HH]. The zero-order valence-electron chi connectivity index (χ0n) is 36.1. The number of aliphatic hydroxyl groups excluding tert-OH is 2. The third-order valence-electron chi connectivity index (χ3n) is 10.5. The highest BCUT2D eigenvalue weighted by atomic mass is 16.3. The van der Waals surface area contributed by atoms with Crippen LogP contribution in [-0.2, 0) is 54.4 Å². The number of ketones is 5. The van der Waals surface area contributed by atoms with E-state index in [-0.39, 0.29) is 65.5 Å². The van der Waals surface area contributed by atoms with Gasteiger partial charge in [-0.2, -0.15) is 0 Å². The van der Waals surface area contributed by atoms with Crippen LogP contribution < -0.4 is 43.8 Å². The minimum absolute atomic E-state index is 0. The van der Waals surface area contributed by atoms with Gasteiger partial charge < -0.3 is 54.0 Å². The highest BCUT2D eigenvalue weighted by molar-refractivity contribution is 5.98. The first-order chi connectivity index (χ1) is 29.7. The van der Waals surface area contributed by atoms with Gasteiger partial charge in [-0.1, -0.05) is 30.3 Å². The Morgan fingerprint density at radius 2 is 1.56 bits per heavy atom. The largest absolute Gasteiger partial charge is 0.393 e. The Hall–Kier alpha value is -5.93. The van der Waals surface area contributed by atoms with E-state index in [1.165, 1.54) is 20.8 Å². The van der Waals surface area contributed by atoms with E-state index >= 15 is 0 Å². The fourth-order valence-electron chi connectivity index (χ4n) is 6.83. The summed E-state index contributed by atoms with van der Waals surface area (Å²) in [6.07, 6.45) is -5.83. The van der Waals surface area contributed by atoms with Crippen LogP contribution in [0.15, 0.2) is 35.3 Å². The van der Waals surface area contributed by atoms with E-state index < -0.39 is 139 Å². The molecular weight excluding hydrogens is 823 g/mol. The molecule has 8 atom stereocenters. The number of amides is 5. The first-order valence-corrected chi connectivity index (χ1v) is 20.9. The van der Waals surface area contributed by atoms with Crippen molar-refractivity contribution in [1.82, 2.24) is 26.6 Å². The Morgan fingerprint density at radius 3 is 2.16 bits per heavy atom. The lowest BCUT2D eigenvalue weighted by Gasteiger charge is -2.25. The molecule has 63 heavy (non-hydrogen) atoms. The monoisotopic (exact) mass is 889 g/mol. The minimum Gasteiger partial charge on any atom is -0.393 e. The Labute approximate surface area is 367 Å². The molecule has 21 nitrogen and oxygen atoms in total. The molecule has 1 saturated heterocycles. The molecule has 0 spiro atoms. The second-order valence-corrected chi connectivity index (χ2v) is 15.8. The van der Waals surface area contributed by atoms with E-state index in [0.717, 1.165) is 0 Å². The standard InChI is InChI=1S/C42H63N9O12.H2/c1-23(52)30(24(2)53)20-35(57)27-17-36(58)31(25(3)54)19-29(56)22-48-39(61)34(16-26-8-5-4-6-9-26)51-40(62)32(10-7-14-47-42(44)45)50-41(63)33(13-15-46-38(60)18-27)49-37(59)12-11-28(55)21-43;/h4-6,8-9,23,25,27,30-34,52,54H,7,10-22,43H2,1-3H3,(H,46,60)(H,48,61)(H,49,59)(H,50,63)(H,51,62)(H4,44,45,47);1H/t23-,25-,27+,30+,31+,32+,33+,34+;/m1./s1/i;1+2. The first kappa shape index (κ1) is 53.2. The maximum Gasteiger partial charge on any atom is 0.243 e. The number of carbonyl (C=O) groups excluding carboxylic acids is 10. The molecule has 0 aromatic heterocycles. The third-order valence-corrected chi connectivity index (χ3v) is 10.5. The van der Waals surface area contributed by atoms with Crippen molar-refractivity contribution in [2.75, 3.05) is 26.2 Å². The smallest absolute Gasteiger partial charge is 0.243 e. The van der Waals surface area contributed by atoms with Gasteiger partial charge in [-0.3, -0.25) is 52.9 Å². The summed E-state index contributed by atoms with van der Waals surface area (Å²) in [5, 5.41) is 33.6. The summed E-state index contributed by atoms with van der Waals surface area (Å²) < 4.78 is 0. The Morgan fingerprint density at radius 1 is 0.889 bits per heavy atom. The van der Waals surface area contributed by atoms with Crippen LogP contribution in [0.1, 0.15) is 85.5 Å². The van der Waals surface area contributed by atoms with Crippen LogP contribution in [0.25, 0.3) is 0 Å². The fourth-order valence-corrected chi connectivity index (χ4v) is 6.83.